The van der Waals surface area contributed by atoms with E-state index < -0.39 is 0 Å². The number of hydrogen-bond donors (Lipinski definition) is 0. The van der Waals surface area contributed by atoms with Gasteiger partial charge in [0.05, 0.1) is 15.7 Å². The van der Waals surface area contributed by atoms with Gasteiger partial charge in [0.2, 0.25) is 5.91 Å². The van der Waals surface area contributed by atoms with Crippen LogP contribution in [-0.2, 0) is 4.79 Å². The second-order valence-corrected chi connectivity index (χ2v) is 6.69. The molecular formula is C16H19N3O2S. The lowest BCUT2D eigenvalue weighted by atomic mass is 10.1. The first-order valence-electron chi connectivity index (χ1n) is 7.47. The first kappa shape index (κ1) is 15.0. The van der Waals surface area contributed by atoms with E-state index in [1.54, 1.807) is 5.51 Å². The molecule has 5 nitrogen and oxygen atoms in total. The molecule has 1 aliphatic heterocycles. The van der Waals surface area contributed by atoms with Gasteiger partial charge in [-0.25, -0.2) is 4.98 Å². The largest absolute Gasteiger partial charge is 0.339 e. The van der Waals surface area contributed by atoms with Crippen LogP contribution in [-0.4, -0.2) is 52.8 Å². The number of amides is 2. The van der Waals surface area contributed by atoms with E-state index in [0.717, 1.165) is 10.2 Å². The maximum absolute atomic E-state index is 12.6. The molecule has 0 N–H and O–H groups in total. The van der Waals surface area contributed by atoms with Crippen molar-refractivity contribution in [1.29, 1.82) is 0 Å². The molecule has 2 heterocycles. The molecule has 0 spiro atoms. The third-order valence-electron chi connectivity index (χ3n) is 3.95. The quantitative estimate of drug-likeness (QED) is 0.853. The molecule has 0 radical (unpaired) electrons. The smallest absolute Gasteiger partial charge is 0.254 e. The summed E-state index contributed by atoms with van der Waals surface area (Å²) in [4.78, 5) is 32.5. The SMILES string of the molecule is CC(C)C(=O)N1CCN(C(=O)c2ccc3ncsc3c2)CC1. The van der Waals surface area contributed by atoms with E-state index in [0.29, 0.717) is 31.7 Å². The highest BCUT2D eigenvalue weighted by atomic mass is 32.1. The average molecular weight is 317 g/mol. The fourth-order valence-electron chi connectivity index (χ4n) is 2.67. The van der Waals surface area contributed by atoms with Gasteiger partial charge in [0.25, 0.3) is 5.91 Å². The Morgan fingerprint density at radius 2 is 1.82 bits per heavy atom. The van der Waals surface area contributed by atoms with Crippen LogP contribution in [0.25, 0.3) is 10.2 Å². The number of carbonyl (C=O) groups excluding carboxylic acids is 2. The van der Waals surface area contributed by atoms with Crippen LogP contribution in [0, 0.1) is 5.92 Å². The Labute approximate surface area is 133 Å². The molecule has 1 aromatic carbocycles. The normalized spacial score (nSPS) is 15.6. The van der Waals surface area contributed by atoms with E-state index >= 15 is 0 Å². The molecule has 0 saturated carbocycles. The number of benzene rings is 1. The lowest BCUT2D eigenvalue weighted by Crippen LogP contribution is -2.51. The fraction of sp³-hybridized carbons (Fsp3) is 0.438. The van der Waals surface area contributed by atoms with Gasteiger partial charge in [0, 0.05) is 37.7 Å². The highest BCUT2D eigenvalue weighted by molar-refractivity contribution is 7.16. The Hall–Kier alpha value is -1.95. The molecular weight excluding hydrogens is 298 g/mol. The zero-order chi connectivity index (χ0) is 15.7. The average Bonchev–Trinajstić information content (AvgIpc) is 3.01. The lowest BCUT2D eigenvalue weighted by Gasteiger charge is -2.35. The van der Waals surface area contributed by atoms with Crippen molar-refractivity contribution < 1.29 is 9.59 Å². The predicted molar refractivity (Wildman–Crippen MR) is 86.9 cm³/mol. The number of piperazine rings is 1. The molecule has 3 rings (SSSR count). The number of carbonyl (C=O) groups is 2. The fourth-order valence-corrected chi connectivity index (χ4v) is 3.38. The Morgan fingerprint density at radius 3 is 2.50 bits per heavy atom. The molecule has 0 aliphatic carbocycles. The molecule has 0 bridgehead atoms. The molecule has 1 fully saturated rings. The Kier molecular flexibility index (Phi) is 4.11. The topological polar surface area (TPSA) is 53.5 Å². The number of fused-ring (bicyclic) bond motifs is 1. The first-order valence-corrected chi connectivity index (χ1v) is 8.35. The van der Waals surface area contributed by atoms with Gasteiger partial charge < -0.3 is 9.80 Å². The van der Waals surface area contributed by atoms with Crippen molar-refractivity contribution in [2.45, 2.75) is 13.8 Å². The number of hydrogen-bond acceptors (Lipinski definition) is 4. The molecule has 22 heavy (non-hydrogen) atoms. The standard InChI is InChI=1S/C16H19N3O2S/c1-11(2)15(20)18-5-7-19(8-6-18)16(21)12-3-4-13-14(9-12)22-10-17-13/h3-4,9-11H,5-8H2,1-2H3. The highest BCUT2D eigenvalue weighted by Crippen LogP contribution is 2.20. The first-order chi connectivity index (χ1) is 10.6. The van der Waals surface area contributed by atoms with E-state index in [1.807, 2.05) is 41.8 Å². The van der Waals surface area contributed by atoms with Gasteiger partial charge in [-0.05, 0) is 18.2 Å². The van der Waals surface area contributed by atoms with Gasteiger partial charge in [0.15, 0.2) is 0 Å². The van der Waals surface area contributed by atoms with Gasteiger partial charge in [-0.1, -0.05) is 13.8 Å². The van der Waals surface area contributed by atoms with Crippen molar-refractivity contribution in [3.05, 3.63) is 29.3 Å². The Balaban J connectivity index is 1.68. The third kappa shape index (κ3) is 2.83. The van der Waals surface area contributed by atoms with Crippen LogP contribution >= 0.6 is 11.3 Å². The Bertz CT molecular complexity index is 702. The van der Waals surface area contributed by atoms with Crippen molar-refractivity contribution in [3.63, 3.8) is 0 Å². The molecule has 1 saturated heterocycles. The van der Waals surface area contributed by atoms with Gasteiger partial charge in [-0.15, -0.1) is 11.3 Å². The molecule has 2 aromatic rings. The zero-order valence-corrected chi connectivity index (χ0v) is 13.6. The van der Waals surface area contributed by atoms with E-state index in [-0.39, 0.29) is 17.7 Å². The van der Waals surface area contributed by atoms with Crippen molar-refractivity contribution in [3.8, 4) is 0 Å². The van der Waals surface area contributed by atoms with Gasteiger partial charge in [0.1, 0.15) is 0 Å². The van der Waals surface area contributed by atoms with Crippen LogP contribution in [0.1, 0.15) is 24.2 Å². The summed E-state index contributed by atoms with van der Waals surface area (Å²) < 4.78 is 1.03. The van der Waals surface area contributed by atoms with E-state index in [2.05, 4.69) is 4.98 Å². The molecule has 1 aliphatic rings. The second kappa shape index (κ2) is 6.04. The predicted octanol–water partition coefficient (Wildman–Crippen LogP) is 2.24. The van der Waals surface area contributed by atoms with Crippen LogP contribution in [0.15, 0.2) is 23.7 Å². The van der Waals surface area contributed by atoms with Crippen LogP contribution in [0.5, 0.6) is 0 Å². The second-order valence-electron chi connectivity index (χ2n) is 5.81. The zero-order valence-electron chi connectivity index (χ0n) is 12.8. The molecule has 1 aromatic heterocycles. The number of thiazole rings is 1. The summed E-state index contributed by atoms with van der Waals surface area (Å²) in [7, 11) is 0. The van der Waals surface area contributed by atoms with Crippen LogP contribution in [0.2, 0.25) is 0 Å². The number of aromatic nitrogens is 1. The summed E-state index contributed by atoms with van der Waals surface area (Å²) in [6.07, 6.45) is 0. The summed E-state index contributed by atoms with van der Waals surface area (Å²) in [6.45, 7) is 6.24. The van der Waals surface area contributed by atoms with Gasteiger partial charge in [-0.3, -0.25) is 9.59 Å². The van der Waals surface area contributed by atoms with Crippen molar-refractivity contribution in [2.75, 3.05) is 26.2 Å². The van der Waals surface area contributed by atoms with Crippen molar-refractivity contribution in [2.24, 2.45) is 5.92 Å². The third-order valence-corrected chi connectivity index (χ3v) is 4.74. The highest BCUT2D eigenvalue weighted by Gasteiger charge is 2.26. The van der Waals surface area contributed by atoms with Crippen molar-refractivity contribution in [1.82, 2.24) is 14.8 Å². The molecule has 6 heteroatoms. The van der Waals surface area contributed by atoms with Crippen LogP contribution < -0.4 is 0 Å². The maximum atomic E-state index is 12.6. The van der Waals surface area contributed by atoms with Crippen LogP contribution in [0.4, 0.5) is 0 Å². The van der Waals surface area contributed by atoms with Crippen LogP contribution in [0.3, 0.4) is 0 Å². The number of rotatable bonds is 2. The monoisotopic (exact) mass is 317 g/mol. The van der Waals surface area contributed by atoms with E-state index in [9.17, 15) is 9.59 Å². The summed E-state index contributed by atoms with van der Waals surface area (Å²) in [5.74, 6) is 0.209. The van der Waals surface area contributed by atoms with Crippen molar-refractivity contribution >= 4 is 33.4 Å². The minimum atomic E-state index is 0.0102. The number of nitrogens with zero attached hydrogens (tertiary/aromatic N) is 3. The Morgan fingerprint density at radius 1 is 1.14 bits per heavy atom. The van der Waals surface area contributed by atoms with Gasteiger partial charge in [-0.2, -0.15) is 0 Å². The van der Waals surface area contributed by atoms with E-state index in [1.165, 1.54) is 11.3 Å². The van der Waals surface area contributed by atoms with Gasteiger partial charge >= 0.3 is 0 Å². The molecule has 0 atom stereocenters. The van der Waals surface area contributed by atoms with E-state index in [4.69, 9.17) is 0 Å². The maximum Gasteiger partial charge on any atom is 0.254 e. The summed E-state index contributed by atoms with van der Waals surface area (Å²) >= 11 is 1.54. The minimum absolute atomic E-state index is 0.0102. The lowest BCUT2D eigenvalue weighted by molar-refractivity contribution is -0.135. The molecule has 116 valence electrons. The summed E-state index contributed by atoms with van der Waals surface area (Å²) in [5.41, 5.74) is 3.41. The molecule has 0 unspecified atom stereocenters. The molecule has 2 amide bonds. The minimum Gasteiger partial charge on any atom is -0.339 e. The summed E-state index contributed by atoms with van der Waals surface area (Å²) in [6, 6.07) is 5.62. The summed E-state index contributed by atoms with van der Waals surface area (Å²) in [5, 5.41) is 0.